The lowest BCUT2D eigenvalue weighted by atomic mass is 10.0. The summed E-state index contributed by atoms with van der Waals surface area (Å²) in [5, 5.41) is 22.5. The van der Waals surface area contributed by atoms with Crippen LogP contribution in [0.3, 0.4) is 0 Å². The molecule has 0 aliphatic carbocycles. The molecule has 0 bridgehead atoms. The number of aliphatic hydroxyl groups excluding tert-OH is 1. The fraction of sp³-hybridized carbons (Fsp3) is 0.867. The number of carbonyl (C=O) groups is 4. The third-order valence-electron chi connectivity index (χ3n) is 10.2. The number of amides is 2. The fourth-order valence-corrected chi connectivity index (χ4v) is 6.74. The Balaban J connectivity index is 4.00. The molecule has 0 aliphatic heterocycles. The summed E-state index contributed by atoms with van der Waals surface area (Å²) in [4.78, 5) is 47.4. The summed E-state index contributed by atoms with van der Waals surface area (Å²) in [5.41, 5.74) is 0. The van der Waals surface area contributed by atoms with Crippen molar-refractivity contribution in [1.82, 2.24) is 10.6 Å². The zero-order valence-electron chi connectivity index (χ0n) is 35.0. The minimum atomic E-state index is -1.39. The van der Waals surface area contributed by atoms with Crippen molar-refractivity contribution in [3.63, 3.8) is 0 Å². The molecule has 0 saturated heterocycles. The molecule has 0 rings (SSSR count). The van der Waals surface area contributed by atoms with Crippen molar-refractivity contribution in [2.45, 2.75) is 238 Å². The minimum Gasteiger partial charge on any atom is -0.480 e. The highest BCUT2D eigenvalue weighted by Crippen LogP contribution is 2.17. The van der Waals surface area contributed by atoms with E-state index in [0.29, 0.717) is 12.8 Å². The summed E-state index contributed by atoms with van der Waals surface area (Å²) in [6.07, 6.45) is 42.8. The molecule has 0 aromatic rings. The van der Waals surface area contributed by atoms with Gasteiger partial charge in [-0.1, -0.05) is 180 Å². The summed E-state index contributed by atoms with van der Waals surface area (Å²) < 4.78 is 5.89. The number of ether oxygens (including phenoxy) is 1. The number of hydrogen-bond donors (Lipinski definition) is 4. The van der Waals surface area contributed by atoms with Crippen LogP contribution in [0.1, 0.15) is 226 Å². The molecule has 9 heteroatoms. The number of aliphatic carboxylic acids is 1. The molecule has 54 heavy (non-hydrogen) atoms. The third-order valence-corrected chi connectivity index (χ3v) is 10.2. The lowest BCUT2D eigenvalue weighted by molar-refractivity contribution is -0.147. The van der Waals surface area contributed by atoms with E-state index in [2.05, 4.69) is 36.6 Å². The molecule has 0 aromatic carbocycles. The maximum atomic E-state index is 12.7. The normalized spacial score (nSPS) is 12.5. The molecule has 2 atom stereocenters. The first-order valence-corrected chi connectivity index (χ1v) is 22.6. The monoisotopic (exact) mass is 765 g/mol. The molecule has 0 fully saturated rings. The van der Waals surface area contributed by atoms with Crippen molar-refractivity contribution in [2.24, 2.45) is 0 Å². The van der Waals surface area contributed by atoms with Gasteiger partial charge in [0.05, 0.1) is 13.2 Å². The van der Waals surface area contributed by atoms with E-state index < -0.39 is 24.5 Å². The zero-order chi connectivity index (χ0) is 39.7. The standard InChI is InChI=1S/C45H84N2O7/c1-3-5-7-9-11-12-13-14-15-16-17-18-19-20-21-22-23-24-25-27-33-37-44(51)54-40(34-30-26-10-8-6-4-2)35-31-28-29-32-36-42(49)46-38-43(50)47-41(39-48)45(52)53/h30,34,40-41,48H,3-29,31-33,35-39H2,1-2H3,(H,46,49)(H,47,50)(H,52,53)/b34-30-. The molecule has 316 valence electrons. The zero-order valence-corrected chi connectivity index (χ0v) is 35.0. The number of carbonyl (C=O) groups excluding carboxylic acids is 3. The van der Waals surface area contributed by atoms with Crippen LogP contribution in [0.25, 0.3) is 0 Å². The Morgan fingerprint density at radius 2 is 0.981 bits per heavy atom. The lowest BCUT2D eigenvalue weighted by Crippen LogP contribution is -2.47. The molecular formula is C45H84N2O7. The Hall–Kier alpha value is -2.42. The first-order chi connectivity index (χ1) is 26.3. The quantitative estimate of drug-likeness (QED) is 0.0276. The SMILES string of the molecule is CCCCCC/C=C\C(CCCCCCC(=O)NCC(=O)NC(CO)C(=O)O)OC(=O)CCCCCCCCCCCCCCCCCCCCCCC. The van der Waals surface area contributed by atoms with Gasteiger partial charge in [0, 0.05) is 12.8 Å². The van der Waals surface area contributed by atoms with Crippen LogP contribution in [0.2, 0.25) is 0 Å². The molecule has 0 spiro atoms. The number of hydrogen-bond acceptors (Lipinski definition) is 6. The molecular weight excluding hydrogens is 681 g/mol. The molecule has 0 aliphatic rings. The first-order valence-electron chi connectivity index (χ1n) is 22.6. The predicted molar refractivity (Wildman–Crippen MR) is 222 cm³/mol. The maximum Gasteiger partial charge on any atom is 0.328 e. The van der Waals surface area contributed by atoms with Crippen molar-refractivity contribution in [3.05, 3.63) is 12.2 Å². The maximum absolute atomic E-state index is 12.7. The van der Waals surface area contributed by atoms with E-state index in [1.54, 1.807) is 0 Å². The molecule has 0 radical (unpaired) electrons. The molecule has 4 N–H and O–H groups in total. The number of carboxylic acids is 1. The number of unbranched alkanes of at least 4 members (excludes halogenated alkanes) is 27. The van der Waals surface area contributed by atoms with Gasteiger partial charge in [0.2, 0.25) is 11.8 Å². The van der Waals surface area contributed by atoms with Gasteiger partial charge in [0.1, 0.15) is 12.1 Å². The highest BCUT2D eigenvalue weighted by atomic mass is 16.5. The summed E-state index contributed by atoms with van der Waals surface area (Å²) in [5.74, 6) is -2.38. The van der Waals surface area contributed by atoms with E-state index in [9.17, 15) is 19.2 Å². The second-order valence-electron chi connectivity index (χ2n) is 15.5. The number of aliphatic hydroxyl groups is 1. The topological polar surface area (TPSA) is 142 Å². The summed E-state index contributed by atoms with van der Waals surface area (Å²) in [6.45, 7) is 3.44. The largest absolute Gasteiger partial charge is 0.480 e. The molecule has 2 unspecified atom stereocenters. The molecule has 2 amide bonds. The van der Waals surface area contributed by atoms with Crippen LogP contribution < -0.4 is 10.6 Å². The van der Waals surface area contributed by atoms with Crippen LogP contribution in [0.4, 0.5) is 0 Å². The van der Waals surface area contributed by atoms with Gasteiger partial charge in [0.25, 0.3) is 0 Å². The van der Waals surface area contributed by atoms with Crippen LogP contribution in [0, 0.1) is 0 Å². The molecule has 9 nitrogen and oxygen atoms in total. The van der Waals surface area contributed by atoms with E-state index >= 15 is 0 Å². The number of allylic oxidation sites excluding steroid dienone is 1. The van der Waals surface area contributed by atoms with Crippen LogP contribution in [-0.4, -0.2) is 59.3 Å². The lowest BCUT2D eigenvalue weighted by Gasteiger charge is -2.15. The van der Waals surface area contributed by atoms with Crippen LogP contribution >= 0.6 is 0 Å². The smallest absolute Gasteiger partial charge is 0.328 e. The fourth-order valence-electron chi connectivity index (χ4n) is 6.74. The third kappa shape index (κ3) is 36.6. The van der Waals surface area contributed by atoms with Gasteiger partial charge < -0.3 is 25.6 Å². The van der Waals surface area contributed by atoms with Gasteiger partial charge >= 0.3 is 11.9 Å². The molecule has 0 saturated carbocycles. The Morgan fingerprint density at radius 1 is 0.556 bits per heavy atom. The van der Waals surface area contributed by atoms with E-state index in [-0.39, 0.29) is 30.9 Å². The molecule has 0 aromatic heterocycles. The Kier molecular flexibility index (Phi) is 38.4. The van der Waals surface area contributed by atoms with Crippen molar-refractivity contribution in [3.8, 4) is 0 Å². The van der Waals surface area contributed by atoms with Gasteiger partial charge in [-0.15, -0.1) is 0 Å². The summed E-state index contributed by atoms with van der Waals surface area (Å²) in [7, 11) is 0. The van der Waals surface area contributed by atoms with Crippen molar-refractivity contribution >= 4 is 23.8 Å². The van der Waals surface area contributed by atoms with Crippen molar-refractivity contribution in [2.75, 3.05) is 13.2 Å². The van der Waals surface area contributed by atoms with Crippen LogP contribution in [0.5, 0.6) is 0 Å². The van der Waals surface area contributed by atoms with Gasteiger partial charge in [-0.05, 0) is 44.6 Å². The minimum absolute atomic E-state index is 0.109. The Morgan fingerprint density at radius 3 is 1.44 bits per heavy atom. The highest BCUT2D eigenvalue weighted by molar-refractivity contribution is 5.87. The number of rotatable bonds is 41. The average Bonchev–Trinajstić information content (AvgIpc) is 3.15. The van der Waals surface area contributed by atoms with Gasteiger partial charge in [-0.2, -0.15) is 0 Å². The van der Waals surface area contributed by atoms with Crippen molar-refractivity contribution in [1.29, 1.82) is 0 Å². The second-order valence-corrected chi connectivity index (χ2v) is 15.5. The average molecular weight is 765 g/mol. The summed E-state index contributed by atoms with van der Waals surface area (Å²) >= 11 is 0. The van der Waals surface area contributed by atoms with Gasteiger partial charge in [-0.3, -0.25) is 14.4 Å². The Labute approximate surface area is 331 Å². The van der Waals surface area contributed by atoms with Crippen LogP contribution in [-0.2, 0) is 23.9 Å². The van der Waals surface area contributed by atoms with Crippen LogP contribution in [0.15, 0.2) is 12.2 Å². The van der Waals surface area contributed by atoms with Crippen molar-refractivity contribution < 1.29 is 34.1 Å². The van der Waals surface area contributed by atoms with E-state index in [4.69, 9.17) is 14.9 Å². The Bertz CT molecular complexity index is 926. The predicted octanol–water partition coefficient (Wildman–Crippen LogP) is 11.0. The number of esters is 1. The van der Waals surface area contributed by atoms with Gasteiger partial charge in [-0.25, -0.2) is 4.79 Å². The van der Waals surface area contributed by atoms with Gasteiger partial charge in [0.15, 0.2) is 0 Å². The van der Waals surface area contributed by atoms with E-state index in [0.717, 1.165) is 51.4 Å². The first kappa shape index (κ1) is 51.6. The van der Waals surface area contributed by atoms with E-state index in [1.165, 1.54) is 141 Å². The number of carboxylic acid groups (broad SMARTS) is 1. The number of nitrogens with one attached hydrogen (secondary N) is 2. The highest BCUT2D eigenvalue weighted by Gasteiger charge is 2.18. The molecule has 0 heterocycles. The summed E-state index contributed by atoms with van der Waals surface area (Å²) in [6, 6.07) is -1.39. The second kappa shape index (κ2) is 40.2. The van der Waals surface area contributed by atoms with E-state index in [1.807, 2.05) is 0 Å².